The maximum Gasteiger partial charge on any atom is 0.124 e. The summed E-state index contributed by atoms with van der Waals surface area (Å²) in [5.41, 5.74) is 1.39. The molecule has 0 aliphatic carbocycles. The molecule has 1 aromatic carbocycles. The number of aromatic nitrogens is 2. The van der Waals surface area contributed by atoms with Crippen molar-refractivity contribution in [3.63, 3.8) is 0 Å². The van der Waals surface area contributed by atoms with Gasteiger partial charge in [-0.15, -0.1) is 0 Å². The minimum atomic E-state index is 0.464. The summed E-state index contributed by atoms with van der Waals surface area (Å²) in [6.07, 6.45) is 2.93. The molecular weight excluding hydrogens is 286 g/mol. The summed E-state index contributed by atoms with van der Waals surface area (Å²) in [5.74, 6) is 1.71. The third-order valence-electron chi connectivity index (χ3n) is 4.33. The zero-order valence-corrected chi connectivity index (χ0v) is 14.1. The topological polar surface area (TPSA) is 45.1 Å². The van der Waals surface area contributed by atoms with Crippen molar-refractivity contribution >= 4 is 5.82 Å². The van der Waals surface area contributed by atoms with E-state index in [1.165, 1.54) is 5.56 Å². The Balaban J connectivity index is 1.54. The van der Waals surface area contributed by atoms with Gasteiger partial charge >= 0.3 is 0 Å². The molecule has 23 heavy (non-hydrogen) atoms. The molecule has 2 heterocycles. The summed E-state index contributed by atoms with van der Waals surface area (Å²) in [4.78, 5) is 2.26. The van der Waals surface area contributed by atoms with E-state index >= 15 is 0 Å². The standard InChI is InChI=1S/C18H27N5/c1-22(2)14-17(10-15-6-4-3-5-7-15)19-11-16-12-20-18-8-9-21-23(18)13-16/h3-9,16-17,19-20H,10-14H2,1-2H3. The Morgan fingerprint density at radius 3 is 2.91 bits per heavy atom. The Labute approximate surface area is 138 Å². The second kappa shape index (κ2) is 7.62. The third kappa shape index (κ3) is 4.56. The highest BCUT2D eigenvalue weighted by Crippen LogP contribution is 2.16. The van der Waals surface area contributed by atoms with Crippen LogP contribution in [0, 0.1) is 5.92 Å². The van der Waals surface area contributed by atoms with Crippen LogP contribution in [0.15, 0.2) is 42.6 Å². The maximum atomic E-state index is 4.37. The number of benzene rings is 1. The van der Waals surface area contributed by atoms with E-state index in [0.717, 1.165) is 38.4 Å². The molecule has 0 saturated carbocycles. The summed E-state index contributed by atoms with van der Waals surface area (Å²) in [6, 6.07) is 13.2. The van der Waals surface area contributed by atoms with Crippen LogP contribution in [0.3, 0.4) is 0 Å². The summed E-state index contributed by atoms with van der Waals surface area (Å²) >= 11 is 0. The number of nitrogens with one attached hydrogen (secondary N) is 2. The van der Waals surface area contributed by atoms with Crippen LogP contribution in [0.1, 0.15) is 5.56 Å². The van der Waals surface area contributed by atoms with Gasteiger partial charge in [-0.3, -0.25) is 0 Å². The van der Waals surface area contributed by atoms with Crippen LogP contribution < -0.4 is 10.6 Å². The fourth-order valence-electron chi connectivity index (χ4n) is 3.20. The zero-order valence-electron chi connectivity index (χ0n) is 14.1. The lowest BCUT2D eigenvalue weighted by molar-refractivity contribution is 0.309. The highest BCUT2D eigenvalue weighted by atomic mass is 15.3. The first kappa shape index (κ1) is 16.0. The average molecular weight is 313 g/mol. The minimum absolute atomic E-state index is 0.464. The Morgan fingerprint density at radius 2 is 2.13 bits per heavy atom. The Bertz CT molecular complexity index is 592. The summed E-state index contributed by atoms with van der Waals surface area (Å²) < 4.78 is 2.06. The van der Waals surface area contributed by atoms with Gasteiger partial charge in [0.25, 0.3) is 0 Å². The van der Waals surface area contributed by atoms with Gasteiger partial charge in [0, 0.05) is 44.2 Å². The molecule has 2 N–H and O–H groups in total. The van der Waals surface area contributed by atoms with E-state index in [1.54, 1.807) is 0 Å². The number of likely N-dealkylation sites (N-methyl/N-ethyl adjacent to an activating group) is 1. The van der Waals surface area contributed by atoms with Crippen LogP contribution in [0.5, 0.6) is 0 Å². The van der Waals surface area contributed by atoms with Crippen LogP contribution in [0.4, 0.5) is 5.82 Å². The van der Waals surface area contributed by atoms with Crippen molar-refractivity contribution in [1.29, 1.82) is 0 Å². The second-order valence-electron chi connectivity index (χ2n) is 6.70. The fraction of sp³-hybridized carbons (Fsp3) is 0.500. The monoisotopic (exact) mass is 313 g/mol. The van der Waals surface area contributed by atoms with Crippen LogP contribution >= 0.6 is 0 Å². The molecule has 0 radical (unpaired) electrons. The number of hydrogen-bond donors (Lipinski definition) is 2. The normalized spacial score (nSPS) is 18.5. The van der Waals surface area contributed by atoms with E-state index in [-0.39, 0.29) is 0 Å². The maximum absolute atomic E-state index is 4.37. The molecule has 2 unspecified atom stereocenters. The molecule has 0 spiro atoms. The molecule has 0 amide bonds. The van der Waals surface area contributed by atoms with Gasteiger partial charge in [0.05, 0.1) is 6.20 Å². The predicted molar refractivity (Wildman–Crippen MR) is 94.7 cm³/mol. The summed E-state index contributed by atoms with van der Waals surface area (Å²) in [6.45, 7) is 4.06. The zero-order chi connectivity index (χ0) is 16.1. The Hall–Kier alpha value is -1.85. The second-order valence-corrected chi connectivity index (χ2v) is 6.70. The predicted octanol–water partition coefficient (Wildman–Crippen LogP) is 1.69. The third-order valence-corrected chi connectivity index (χ3v) is 4.33. The molecule has 5 nitrogen and oxygen atoms in total. The summed E-state index contributed by atoms with van der Waals surface area (Å²) in [5, 5.41) is 11.6. The van der Waals surface area contributed by atoms with E-state index < -0.39 is 0 Å². The first-order chi connectivity index (χ1) is 11.2. The molecule has 3 rings (SSSR count). The number of rotatable bonds is 7. The molecule has 1 aliphatic rings. The van der Waals surface area contributed by atoms with Gasteiger partial charge in [0.2, 0.25) is 0 Å². The lowest BCUT2D eigenvalue weighted by Gasteiger charge is -2.28. The van der Waals surface area contributed by atoms with E-state index in [4.69, 9.17) is 0 Å². The van der Waals surface area contributed by atoms with Crippen molar-refractivity contribution in [2.45, 2.75) is 19.0 Å². The van der Waals surface area contributed by atoms with Gasteiger partial charge < -0.3 is 15.5 Å². The number of fused-ring (bicyclic) bond motifs is 1. The molecule has 1 aliphatic heterocycles. The molecule has 2 atom stereocenters. The van der Waals surface area contributed by atoms with Crippen molar-refractivity contribution in [2.75, 3.05) is 39.0 Å². The first-order valence-corrected chi connectivity index (χ1v) is 8.38. The van der Waals surface area contributed by atoms with E-state index in [9.17, 15) is 0 Å². The molecule has 5 heteroatoms. The van der Waals surface area contributed by atoms with Gasteiger partial charge in [0.1, 0.15) is 5.82 Å². The largest absolute Gasteiger partial charge is 0.370 e. The lowest BCUT2D eigenvalue weighted by Crippen LogP contribution is -2.44. The SMILES string of the molecule is CN(C)CC(Cc1ccccc1)NCC1CNc2ccnn2C1. The van der Waals surface area contributed by atoms with Gasteiger partial charge in [-0.2, -0.15) is 5.10 Å². The van der Waals surface area contributed by atoms with Gasteiger partial charge in [-0.05, 0) is 26.1 Å². The van der Waals surface area contributed by atoms with Crippen molar-refractivity contribution in [1.82, 2.24) is 20.0 Å². The molecule has 0 fully saturated rings. The minimum Gasteiger partial charge on any atom is -0.370 e. The molecule has 124 valence electrons. The molecule has 1 aromatic heterocycles. The highest BCUT2D eigenvalue weighted by molar-refractivity contribution is 5.35. The quantitative estimate of drug-likeness (QED) is 0.816. The smallest absolute Gasteiger partial charge is 0.124 e. The van der Waals surface area contributed by atoms with E-state index in [1.807, 2.05) is 12.3 Å². The first-order valence-electron chi connectivity index (χ1n) is 8.38. The fourth-order valence-corrected chi connectivity index (χ4v) is 3.20. The molecule has 0 bridgehead atoms. The number of anilines is 1. The van der Waals surface area contributed by atoms with Crippen molar-refractivity contribution in [2.24, 2.45) is 5.92 Å². The number of nitrogens with zero attached hydrogens (tertiary/aromatic N) is 3. The van der Waals surface area contributed by atoms with Crippen molar-refractivity contribution in [3.05, 3.63) is 48.2 Å². The van der Waals surface area contributed by atoms with Gasteiger partial charge in [-0.1, -0.05) is 30.3 Å². The van der Waals surface area contributed by atoms with E-state index in [0.29, 0.717) is 12.0 Å². The molecule has 0 saturated heterocycles. The van der Waals surface area contributed by atoms with Gasteiger partial charge in [0.15, 0.2) is 0 Å². The van der Waals surface area contributed by atoms with Crippen LogP contribution in [0.25, 0.3) is 0 Å². The van der Waals surface area contributed by atoms with Crippen molar-refractivity contribution in [3.8, 4) is 0 Å². The van der Waals surface area contributed by atoms with Gasteiger partial charge in [-0.25, -0.2) is 4.68 Å². The van der Waals surface area contributed by atoms with E-state index in [2.05, 4.69) is 69.7 Å². The van der Waals surface area contributed by atoms with Crippen LogP contribution in [-0.4, -0.2) is 54.5 Å². The average Bonchev–Trinajstić information content (AvgIpc) is 3.01. The molecule has 2 aromatic rings. The summed E-state index contributed by atoms with van der Waals surface area (Å²) in [7, 11) is 4.27. The van der Waals surface area contributed by atoms with Crippen LogP contribution in [0.2, 0.25) is 0 Å². The van der Waals surface area contributed by atoms with Crippen LogP contribution in [-0.2, 0) is 13.0 Å². The Kier molecular flexibility index (Phi) is 5.31. The van der Waals surface area contributed by atoms with Crippen molar-refractivity contribution < 1.29 is 0 Å². The highest BCUT2D eigenvalue weighted by Gasteiger charge is 2.19. The number of hydrogen-bond acceptors (Lipinski definition) is 4. The Morgan fingerprint density at radius 1 is 1.30 bits per heavy atom. The lowest BCUT2D eigenvalue weighted by atomic mass is 10.0. The molecular formula is C18H27N5.